The average Bonchev–Trinajstić information content (AvgIpc) is 3.14. The molecule has 318 valence electrons. The first kappa shape index (κ1) is 52.1. The number of hydrogen-bond donors (Lipinski definition) is 2. The Morgan fingerprint density at radius 3 is 1.26 bits per heavy atom. The lowest BCUT2D eigenvalue weighted by atomic mass is 10.0. The summed E-state index contributed by atoms with van der Waals surface area (Å²) in [7, 11) is 0. The van der Waals surface area contributed by atoms with Crippen LogP contribution in [0.4, 0.5) is 4.79 Å². The topological polar surface area (TPSA) is 92.0 Å². The zero-order chi connectivity index (χ0) is 38.8. The average molecular weight is 755 g/mol. The molecule has 0 saturated heterocycles. The number of rotatable bonds is 44. The highest BCUT2D eigenvalue weighted by atomic mass is 16.6. The van der Waals surface area contributed by atoms with Crippen molar-refractivity contribution in [2.45, 2.75) is 251 Å². The van der Waals surface area contributed by atoms with Gasteiger partial charge >= 0.3 is 6.09 Å². The summed E-state index contributed by atoms with van der Waals surface area (Å²) in [4.78, 5) is 12.4. The number of nitrogens with one attached hydrogen (secondary N) is 1. The smallest absolute Gasteiger partial charge is 0.407 e. The predicted molar refractivity (Wildman–Crippen MR) is 228 cm³/mol. The van der Waals surface area contributed by atoms with Gasteiger partial charge in [0.15, 0.2) is 0 Å². The van der Waals surface area contributed by atoms with Gasteiger partial charge < -0.3 is 30.0 Å². The number of hydrogen-bond acceptors (Lipinski definition) is 6. The molecule has 0 aliphatic heterocycles. The Morgan fingerprint density at radius 1 is 0.528 bits per heavy atom. The van der Waals surface area contributed by atoms with Crippen LogP contribution >= 0.6 is 0 Å². The Bertz CT molecular complexity index is 722. The molecule has 0 radical (unpaired) electrons. The largest absolute Gasteiger partial charge is 0.447 e. The van der Waals surface area contributed by atoms with E-state index in [2.05, 4.69) is 19.2 Å². The normalized spacial score (nSPS) is 12.4. The van der Waals surface area contributed by atoms with Crippen LogP contribution in [0.1, 0.15) is 240 Å². The molecule has 0 aromatic heterocycles. The highest BCUT2D eigenvalue weighted by molar-refractivity contribution is 5.67. The van der Waals surface area contributed by atoms with Crippen LogP contribution in [-0.2, 0) is 18.9 Å². The Balaban J connectivity index is 4.03. The van der Waals surface area contributed by atoms with E-state index in [1.54, 1.807) is 0 Å². The Hall–Kier alpha value is -0.890. The summed E-state index contributed by atoms with van der Waals surface area (Å²) in [5.41, 5.74) is 5.12. The van der Waals surface area contributed by atoms with Crippen LogP contribution in [0.25, 0.3) is 0 Å². The van der Waals surface area contributed by atoms with Gasteiger partial charge in [-0.25, -0.2) is 4.79 Å². The lowest BCUT2D eigenvalue weighted by Gasteiger charge is -2.24. The van der Waals surface area contributed by atoms with Gasteiger partial charge in [0.1, 0.15) is 12.7 Å². The molecule has 0 heterocycles. The summed E-state index contributed by atoms with van der Waals surface area (Å²) < 4.78 is 23.2. The fourth-order valence-corrected chi connectivity index (χ4v) is 6.99. The molecule has 0 aromatic carbocycles. The molecule has 1 amide bonds. The van der Waals surface area contributed by atoms with Gasteiger partial charge in [-0.05, 0) is 33.1 Å². The molecule has 0 bridgehead atoms. The maximum absolute atomic E-state index is 12.4. The first-order chi connectivity index (χ1) is 25.9. The molecule has 0 aromatic rings. The summed E-state index contributed by atoms with van der Waals surface area (Å²) in [6.07, 6.45) is 43.5. The van der Waals surface area contributed by atoms with Gasteiger partial charge in [-0.1, -0.05) is 206 Å². The van der Waals surface area contributed by atoms with E-state index in [1.165, 1.54) is 193 Å². The monoisotopic (exact) mass is 755 g/mol. The molecular formula is C46H94N2O5. The molecular weight excluding hydrogens is 661 g/mol. The molecule has 0 fully saturated rings. The van der Waals surface area contributed by atoms with Gasteiger partial charge in [0.2, 0.25) is 0 Å². The van der Waals surface area contributed by atoms with Crippen LogP contribution in [0.3, 0.4) is 0 Å². The van der Waals surface area contributed by atoms with Crippen molar-refractivity contribution in [3.05, 3.63) is 0 Å². The number of carbonyl (C=O) groups is 1. The molecule has 0 aliphatic rings. The molecule has 1 atom stereocenters. The fraction of sp³-hybridized carbons (Fsp3) is 0.978. The summed E-state index contributed by atoms with van der Waals surface area (Å²) in [6.45, 7) is 11.2. The van der Waals surface area contributed by atoms with Crippen molar-refractivity contribution >= 4 is 6.09 Å². The van der Waals surface area contributed by atoms with Gasteiger partial charge in [-0.3, -0.25) is 0 Å². The summed E-state index contributed by atoms with van der Waals surface area (Å²) in [5.74, 6) is 0. The third-order valence-corrected chi connectivity index (χ3v) is 10.7. The Kier molecular flexibility index (Phi) is 41.5. The van der Waals surface area contributed by atoms with Gasteiger partial charge in [0, 0.05) is 19.8 Å². The van der Waals surface area contributed by atoms with Crippen molar-refractivity contribution in [2.24, 2.45) is 5.73 Å². The van der Waals surface area contributed by atoms with Crippen LogP contribution in [0, 0.1) is 0 Å². The standard InChI is InChI=1S/C46H94N2O5/c1-5-7-9-11-13-15-17-19-21-23-25-27-29-31-33-35-39-50-41-44(42-52-45(49)48-38-37-46(3,4)53-43-47)51-40-36-34-32-30-28-26-24-22-20-18-16-14-12-10-8-6-2/h44H,5-43,47H2,1-4H3,(H,48,49). The molecule has 0 aliphatic carbocycles. The van der Waals surface area contributed by atoms with Crippen molar-refractivity contribution in [1.29, 1.82) is 0 Å². The first-order valence-corrected chi connectivity index (χ1v) is 23.4. The molecule has 7 nitrogen and oxygen atoms in total. The van der Waals surface area contributed by atoms with Crippen LogP contribution < -0.4 is 11.1 Å². The number of ether oxygens (including phenoxy) is 4. The zero-order valence-corrected chi connectivity index (χ0v) is 36.3. The highest BCUT2D eigenvalue weighted by Gasteiger charge is 2.18. The van der Waals surface area contributed by atoms with Crippen molar-refractivity contribution in [2.75, 3.05) is 39.7 Å². The van der Waals surface area contributed by atoms with Crippen LogP contribution in [-0.4, -0.2) is 57.5 Å². The molecule has 0 rings (SSSR count). The minimum Gasteiger partial charge on any atom is -0.447 e. The summed E-state index contributed by atoms with van der Waals surface area (Å²) in [5, 5.41) is 2.83. The molecule has 0 saturated carbocycles. The van der Waals surface area contributed by atoms with Crippen molar-refractivity contribution in [3.63, 3.8) is 0 Å². The number of amides is 1. The highest BCUT2D eigenvalue weighted by Crippen LogP contribution is 2.16. The van der Waals surface area contributed by atoms with Gasteiger partial charge in [-0.2, -0.15) is 0 Å². The number of alkyl carbamates (subject to hydrolysis) is 1. The zero-order valence-electron chi connectivity index (χ0n) is 36.3. The van der Waals surface area contributed by atoms with E-state index in [0.29, 0.717) is 26.2 Å². The quantitative estimate of drug-likeness (QED) is 0.0475. The van der Waals surface area contributed by atoms with Crippen molar-refractivity contribution in [1.82, 2.24) is 5.32 Å². The lowest BCUT2D eigenvalue weighted by Crippen LogP contribution is -2.36. The number of carbonyl (C=O) groups excluding carboxylic acids is 1. The minimum atomic E-state index is -0.428. The SMILES string of the molecule is CCCCCCCCCCCCCCCCCCOCC(COC(=O)NCCC(C)(C)OCN)OCCCCCCCCCCCCCCCCCC. The lowest BCUT2D eigenvalue weighted by molar-refractivity contribution is -0.0472. The van der Waals surface area contributed by atoms with Crippen LogP contribution in [0.5, 0.6) is 0 Å². The van der Waals surface area contributed by atoms with Crippen molar-refractivity contribution < 1.29 is 23.7 Å². The van der Waals surface area contributed by atoms with Crippen LogP contribution in [0.15, 0.2) is 0 Å². The predicted octanol–water partition coefficient (Wildman–Crippen LogP) is 13.7. The summed E-state index contributed by atoms with van der Waals surface area (Å²) >= 11 is 0. The van der Waals surface area contributed by atoms with E-state index in [0.717, 1.165) is 19.4 Å². The maximum atomic E-state index is 12.4. The minimum absolute atomic E-state index is 0.162. The summed E-state index contributed by atoms with van der Waals surface area (Å²) in [6, 6.07) is 0. The van der Waals surface area contributed by atoms with Gasteiger partial charge in [0.05, 0.1) is 18.9 Å². The Labute approximate surface area is 331 Å². The van der Waals surface area contributed by atoms with Crippen molar-refractivity contribution in [3.8, 4) is 0 Å². The Morgan fingerprint density at radius 2 is 0.887 bits per heavy atom. The van der Waals surface area contributed by atoms with Gasteiger partial charge in [-0.15, -0.1) is 0 Å². The van der Waals surface area contributed by atoms with E-state index in [9.17, 15) is 4.79 Å². The number of nitrogens with two attached hydrogens (primary N) is 1. The molecule has 7 heteroatoms. The third kappa shape index (κ3) is 42.1. The fourth-order valence-electron chi connectivity index (χ4n) is 6.99. The third-order valence-electron chi connectivity index (χ3n) is 10.7. The maximum Gasteiger partial charge on any atom is 0.407 e. The van der Waals surface area contributed by atoms with E-state index < -0.39 is 6.09 Å². The van der Waals surface area contributed by atoms with Gasteiger partial charge in [0.25, 0.3) is 0 Å². The second-order valence-electron chi connectivity index (χ2n) is 16.5. The molecule has 1 unspecified atom stereocenters. The first-order valence-electron chi connectivity index (χ1n) is 23.4. The van der Waals surface area contributed by atoms with E-state index in [-0.39, 0.29) is 25.0 Å². The van der Waals surface area contributed by atoms with E-state index in [4.69, 9.17) is 24.7 Å². The second-order valence-corrected chi connectivity index (χ2v) is 16.5. The molecule has 3 N–H and O–H groups in total. The molecule has 0 spiro atoms. The second kappa shape index (κ2) is 42.3. The molecule has 53 heavy (non-hydrogen) atoms. The van der Waals surface area contributed by atoms with E-state index in [1.807, 2.05) is 13.8 Å². The van der Waals surface area contributed by atoms with Crippen LogP contribution in [0.2, 0.25) is 0 Å². The van der Waals surface area contributed by atoms with E-state index >= 15 is 0 Å². The number of unbranched alkanes of at least 4 members (excludes halogenated alkanes) is 30.